The molecule has 1 aromatic carbocycles. The minimum atomic E-state index is -1.07. The van der Waals surface area contributed by atoms with Gasteiger partial charge in [-0.2, -0.15) is 0 Å². The number of fused-ring (bicyclic) bond motifs is 1. The second-order valence-corrected chi connectivity index (χ2v) is 8.69. The van der Waals surface area contributed by atoms with Crippen LogP contribution in [-0.2, 0) is 30.4 Å². The maximum Gasteiger partial charge on any atom is 0.245 e. The number of carbonyl (C=O) groups is 5. The van der Waals surface area contributed by atoms with Gasteiger partial charge in [0, 0.05) is 50.5 Å². The lowest BCUT2D eigenvalue weighted by molar-refractivity contribution is -0.142. The van der Waals surface area contributed by atoms with Crippen LogP contribution < -0.4 is 21.7 Å². The zero-order chi connectivity index (χ0) is 25.5. The average molecular weight is 485 g/mol. The van der Waals surface area contributed by atoms with Crippen molar-refractivity contribution in [2.75, 3.05) is 13.6 Å². The van der Waals surface area contributed by atoms with Crippen LogP contribution in [0.1, 0.15) is 38.2 Å². The first-order valence-electron chi connectivity index (χ1n) is 11.6. The molecule has 5 amide bonds. The Morgan fingerprint density at radius 1 is 1.14 bits per heavy atom. The van der Waals surface area contributed by atoms with E-state index in [1.54, 1.807) is 6.20 Å². The number of aromatic nitrogens is 1. The van der Waals surface area contributed by atoms with E-state index in [1.807, 2.05) is 24.3 Å². The largest absolute Gasteiger partial charge is 0.370 e. The fraction of sp³-hybridized carbons (Fsp3) is 0.458. The molecule has 3 atom stereocenters. The second kappa shape index (κ2) is 11.5. The lowest BCUT2D eigenvalue weighted by Gasteiger charge is -2.29. The molecule has 2 aromatic rings. The normalized spacial score (nSPS) is 17.0. The molecule has 3 rings (SSSR count). The quantitative estimate of drug-likeness (QED) is 0.312. The zero-order valence-electron chi connectivity index (χ0n) is 19.9. The molecule has 1 aliphatic heterocycles. The molecule has 0 aliphatic carbocycles. The number of hydrogen-bond donors (Lipinski definition) is 5. The van der Waals surface area contributed by atoms with E-state index >= 15 is 0 Å². The lowest BCUT2D eigenvalue weighted by atomic mass is 10.0. The van der Waals surface area contributed by atoms with Crippen molar-refractivity contribution >= 4 is 40.4 Å². The third-order valence-electron chi connectivity index (χ3n) is 6.17. The number of H-pyrrole nitrogens is 1. The third-order valence-corrected chi connectivity index (χ3v) is 6.17. The Labute approximate surface area is 203 Å². The van der Waals surface area contributed by atoms with Gasteiger partial charge in [0.25, 0.3) is 0 Å². The highest BCUT2D eigenvalue weighted by atomic mass is 16.2. The van der Waals surface area contributed by atoms with Gasteiger partial charge < -0.3 is 31.6 Å². The van der Waals surface area contributed by atoms with Crippen LogP contribution in [0.15, 0.2) is 30.5 Å². The Bertz CT molecular complexity index is 1110. The highest BCUT2D eigenvalue weighted by Gasteiger charge is 2.38. The molecule has 6 N–H and O–H groups in total. The van der Waals surface area contributed by atoms with Gasteiger partial charge in [-0.25, -0.2) is 0 Å². The van der Waals surface area contributed by atoms with Gasteiger partial charge in [0.15, 0.2) is 0 Å². The van der Waals surface area contributed by atoms with Gasteiger partial charge in [-0.3, -0.25) is 24.0 Å². The van der Waals surface area contributed by atoms with Crippen molar-refractivity contribution in [3.63, 3.8) is 0 Å². The summed E-state index contributed by atoms with van der Waals surface area (Å²) in [6.07, 6.45) is 2.99. The maximum absolute atomic E-state index is 13.3. The van der Waals surface area contributed by atoms with Crippen molar-refractivity contribution in [3.8, 4) is 0 Å². The molecule has 11 nitrogen and oxygen atoms in total. The van der Waals surface area contributed by atoms with Crippen molar-refractivity contribution in [2.45, 2.75) is 57.2 Å². The molecule has 0 bridgehead atoms. The monoisotopic (exact) mass is 484 g/mol. The van der Waals surface area contributed by atoms with Crippen LogP contribution in [0.2, 0.25) is 0 Å². The van der Waals surface area contributed by atoms with E-state index in [2.05, 4.69) is 20.9 Å². The predicted molar refractivity (Wildman–Crippen MR) is 129 cm³/mol. The van der Waals surface area contributed by atoms with E-state index in [1.165, 1.54) is 18.9 Å². The predicted octanol–water partition coefficient (Wildman–Crippen LogP) is -0.298. The Kier molecular flexibility index (Phi) is 8.45. The third kappa shape index (κ3) is 6.37. The first-order valence-corrected chi connectivity index (χ1v) is 11.6. The number of para-hydroxylation sites is 1. The second-order valence-electron chi connectivity index (χ2n) is 8.69. The molecule has 35 heavy (non-hydrogen) atoms. The number of nitrogens with zero attached hydrogens (tertiary/aromatic N) is 1. The Hall–Kier alpha value is -3.89. The molecule has 1 aliphatic rings. The number of nitrogens with two attached hydrogens (primary N) is 1. The van der Waals surface area contributed by atoms with E-state index in [-0.39, 0.29) is 25.2 Å². The van der Waals surface area contributed by atoms with Crippen LogP contribution in [0.25, 0.3) is 10.9 Å². The van der Waals surface area contributed by atoms with Gasteiger partial charge in [-0.15, -0.1) is 0 Å². The van der Waals surface area contributed by atoms with Crippen molar-refractivity contribution in [2.24, 2.45) is 5.73 Å². The van der Waals surface area contributed by atoms with Gasteiger partial charge in [0.1, 0.15) is 18.1 Å². The molecule has 11 heteroatoms. The SMILES string of the molecule is CNC(=O)[C@H]1CCCN1C(=O)[C@@H](CCC(N)=O)NC(=O)[C@@H](Cc1c[nH]c2ccccc12)NC(C)=O. The standard InChI is InChI=1S/C24H32N6O5/c1-14(31)28-19(12-15-13-27-17-7-4-3-6-16(15)17)22(33)29-18(9-10-21(25)32)24(35)30-11-5-8-20(30)23(34)26-2/h3-4,6-7,13,18-20,27H,5,8-12H2,1-2H3,(H2,25,32)(H,26,34)(H,28,31)(H,29,33)/t18-,19-,20-/m1/s1. The molecule has 0 unspecified atom stereocenters. The topological polar surface area (TPSA) is 166 Å². The zero-order valence-corrected chi connectivity index (χ0v) is 19.9. The van der Waals surface area contributed by atoms with Crippen LogP contribution in [-0.4, -0.2) is 71.1 Å². The summed E-state index contributed by atoms with van der Waals surface area (Å²) in [6, 6.07) is 4.92. The van der Waals surface area contributed by atoms with Gasteiger partial charge in [-0.05, 0) is 30.9 Å². The first kappa shape index (κ1) is 25.7. The summed E-state index contributed by atoms with van der Waals surface area (Å²) in [5, 5.41) is 8.83. The molecular formula is C24H32N6O5. The smallest absolute Gasteiger partial charge is 0.245 e. The molecule has 1 fully saturated rings. The summed E-state index contributed by atoms with van der Waals surface area (Å²) in [4.78, 5) is 66.7. The number of primary amides is 1. The molecule has 188 valence electrons. The number of hydrogen-bond acceptors (Lipinski definition) is 5. The van der Waals surface area contributed by atoms with Crippen LogP contribution in [0, 0.1) is 0 Å². The summed E-state index contributed by atoms with van der Waals surface area (Å²) in [5.41, 5.74) is 7.01. The van der Waals surface area contributed by atoms with Crippen molar-refractivity contribution < 1.29 is 24.0 Å². The molecule has 0 saturated carbocycles. The van der Waals surface area contributed by atoms with Crippen molar-refractivity contribution in [3.05, 3.63) is 36.0 Å². The number of likely N-dealkylation sites (N-methyl/N-ethyl adjacent to an activating group) is 1. The highest BCUT2D eigenvalue weighted by molar-refractivity contribution is 5.95. The molecule has 2 heterocycles. The average Bonchev–Trinajstić information content (AvgIpc) is 3.47. The summed E-state index contributed by atoms with van der Waals surface area (Å²) in [7, 11) is 1.50. The minimum absolute atomic E-state index is 0.0171. The summed E-state index contributed by atoms with van der Waals surface area (Å²) < 4.78 is 0. The molecule has 0 radical (unpaired) electrons. The van der Waals surface area contributed by atoms with E-state index < -0.39 is 41.8 Å². The van der Waals surface area contributed by atoms with E-state index in [0.717, 1.165) is 16.5 Å². The number of likely N-dealkylation sites (tertiary alicyclic amines) is 1. The van der Waals surface area contributed by atoms with Crippen LogP contribution >= 0.6 is 0 Å². The van der Waals surface area contributed by atoms with E-state index in [9.17, 15) is 24.0 Å². The Balaban J connectivity index is 1.81. The summed E-state index contributed by atoms with van der Waals surface area (Å²) in [6.45, 7) is 1.67. The molecule has 1 saturated heterocycles. The van der Waals surface area contributed by atoms with Crippen LogP contribution in [0.4, 0.5) is 0 Å². The first-order chi connectivity index (χ1) is 16.7. The number of rotatable bonds is 10. The highest BCUT2D eigenvalue weighted by Crippen LogP contribution is 2.21. The fourth-order valence-electron chi connectivity index (χ4n) is 4.46. The number of benzene rings is 1. The maximum atomic E-state index is 13.3. The van der Waals surface area contributed by atoms with Crippen LogP contribution in [0.3, 0.4) is 0 Å². The fourth-order valence-corrected chi connectivity index (χ4v) is 4.46. The summed E-state index contributed by atoms with van der Waals surface area (Å²) in [5.74, 6) is -2.32. The number of nitrogens with one attached hydrogen (secondary N) is 4. The lowest BCUT2D eigenvalue weighted by Crippen LogP contribution is -2.56. The van der Waals surface area contributed by atoms with Crippen LogP contribution in [0.5, 0.6) is 0 Å². The van der Waals surface area contributed by atoms with Gasteiger partial charge in [-0.1, -0.05) is 18.2 Å². The van der Waals surface area contributed by atoms with Crippen molar-refractivity contribution in [1.29, 1.82) is 0 Å². The van der Waals surface area contributed by atoms with E-state index in [0.29, 0.717) is 19.4 Å². The van der Waals surface area contributed by atoms with Gasteiger partial charge in [0.2, 0.25) is 29.5 Å². The Morgan fingerprint density at radius 3 is 2.57 bits per heavy atom. The minimum Gasteiger partial charge on any atom is -0.370 e. The van der Waals surface area contributed by atoms with Gasteiger partial charge in [0.05, 0.1) is 0 Å². The van der Waals surface area contributed by atoms with E-state index in [4.69, 9.17) is 5.73 Å². The number of aromatic amines is 1. The molecular weight excluding hydrogens is 452 g/mol. The number of carbonyl (C=O) groups excluding carboxylic acids is 5. The molecule has 0 spiro atoms. The summed E-state index contributed by atoms with van der Waals surface area (Å²) >= 11 is 0. The Morgan fingerprint density at radius 2 is 1.89 bits per heavy atom. The number of amides is 5. The van der Waals surface area contributed by atoms with Crippen molar-refractivity contribution in [1.82, 2.24) is 25.8 Å². The molecule has 1 aromatic heterocycles. The van der Waals surface area contributed by atoms with Gasteiger partial charge >= 0.3 is 0 Å².